The zero-order chi connectivity index (χ0) is 26.7. The van der Waals surface area contributed by atoms with Gasteiger partial charge in [0.2, 0.25) is 0 Å². The fourth-order valence-electron chi connectivity index (χ4n) is 4.26. The van der Waals surface area contributed by atoms with E-state index in [1.807, 2.05) is 13.8 Å². The molecule has 6 heteroatoms. The summed E-state index contributed by atoms with van der Waals surface area (Å²) >= 11 is 0. The van der Waals surface area contributed by atoms with E-state index in [0.717, 1.165) is 30.4 Å². The number of nitrogen functional groups attached to an aromatic ring is 1. The Morgan fingerprint density at radius 1 is 1.03 bits per heavy atom. The van der Waals surface area contributed by atoms with Crippen LogP contribution >= 0.6 is 0 Å². The lowest BCUT2D eigenvalue weighted by Crippen LogP contribution is -2.10. The molecule has 36 heavy (non-hydrogen) atoms. The average Bonchev–Trinajstić information content (AvgIpc) is 3.23. The molecule has 0 aliphatic rings. The molecule has 2 N–H and O–H groups in total. The van der Waals surface area contributed by atoms with E-state index in [2.05, 4.69) is 90.7 Å². The molecule has 0 amide bonds. The van der Waals surface area contributed by atoms with Crippen molar-refractivity contribution in [1.29, 1.82) is 0 Å². The molecule has 6 nitrogen and oxygen atoms in total. The summed E-state index contributed by atoms with van der Waals surface area (Å²) in [5.74, 6) is 0.626. The molecule has 0 spiro atoms. The number of aromatic nitrogens is 2. The van der Waals surface area contributed by atoms with Crippen LogP contribution in [0, 0.1) is 6.92 Å². The molecule has 194 valence electrons. The molecular formula is C30H42N4O2. The number of rotatable bonds is 8. The van der Waals surface area contributed by atoms with Gasteiger partial charge in [-0.3, -0.25) is 4.79 Å². The first-order valence-corrected chi connectivity index (χ1v) is 12.7. The highest BCUT2D eigenvalue weighted by atomic mass is 16.5. The second-order valence-corrected chi connectivity index (χ2v) is 8.99. The first kappa shape index (κ1) is 28.9. The number of benzene rings is 2. The van der Waals surface area contributed by atoms with Crippen molar-refractivity contribution in [1.82, 2.24) is 14.5 Å². The summed E-state index contributed by atoms with van der Waals surface area (Å²) in [7, 11) is 5.52. The monoisotopic (exact) mass is 490 g/mol. The first-order valence-electron chi connectivity index (χ1n) is 12.7. The smallest absolute Gasteiger partial charge is 0.292 e. The average molecular weight is 491 g/mol. The Morgan fingerprint density at radius 3 is 2.25 bits per heavy atom. The second kappa shape index (κ2) is 14.2. The van der Waals surface area contributed by atoms with Gasteiger partial charge in [0.15, 0.2) is 0 Å². The minimum atomic E-state index is 0.375. The van der Waals surface area contributed by atoms with Gasteiger partial charge >= 0.3 is 0 Å². The van der Waals surface area contributed by atoms with Crippen molar-refractivity contribution in [3.8, 4) is 0 Å². The summed E-state index contributed by atoms with van der Waals surface area (Å²) in [6, 6.07) is 17.7. The van der Waals surface area contributed by atoms with Crippen LogP contribution in [0.4, 0.5) is 5.82 Å². The van der Waals surface area contributed by atoms with Crippen LogP contribution in [0.1, 0.15) is 56.0 Å². The minimum Gasteiger partial charge on any atom is -0.471 e. The Balaban J connectivity index is 0.000000694. The number of methoxy groups -OCH3 is 1. The van der Waals surface area contributed by atoms with E-state index in [4.69, 9.17) is 15.5 Å². The molecule has 4 rings (SSSR count). The lowest BCUT2D eigenvalue weighted by atomic mass is 10.1. The number of nitrogens with zero attached hydrogens (tertiary/aromatic N) is 3. The summed E-state index contributed by atoms with van der Waals surface area (Å²) in [6.07, 6.45) is 3.40. The zero-order valence-electron chi connectivity index (χ0n) is 23.0. The van der Waals surface area contributed by atoms with Crippen molar-refractivity contribution in [3.63, 3.8) is 0 Å². The third-order valence-corrected chi connectivity index (χ3v) is 5.85. The fraction of sp³-hybridized carbons (Fsp3) is 0.400. The fourth-order valence-corrected chi connectivity index (χ4v) is 4.26. The van der Waals surface area contributed by atoms with E-state index >= 15 is 0 Å². The Morgan fingerprint density at radius 2 is 1.67 bits per heavy atom. The van der Waals surface area contributed by atoms with Crippen LogP contribution in [0.5, 0.6) is 0 Å². The molecule has 0 atom stereocenters. The molecule has 0 unspecified atom stereocenters. The Kier molecular flexibility index (Phi) is 11.4. The molecule has 0 saturated heterocycles. The zero-order valence-corrected chi connectivity index (χ0v) is 23.0. The Bertz CT molecular complexity index is 1240. The summed E-state index contributed by atoms with van der Waals surface area (Å²) < 4.78 is 6.32. The molecule has 0 bridgehead atoms. The van der Waals surface area contributed by atoms with Gasteiger partial charge in [-0.25, -0.2) is 4.98 Å². The van der Waals surface area contributed by atoms with Crippen molar-refractivity contribution < 1.29 is 9.53 Å². The molecule has 0 fully saturated rings. The van der Waals surface area contributed by atoms with Crippen molar-refractivity contribution in [2.75, 3.05) is 26.9 Å². The predicted molar refractivity (Wildman–Crippen MR) is 152 cm³/mol. The SMILES string of the molecule is CC.CCCCc1cc2c(N)nc3cc(C)ccc3c2n1Cc1ccc(CN(C)C)cc1.COC=O. The lowest BCUT2D eigenvalue weighted by Gasteiger charge is -2.14. The molecule has 0 aliphatic carbocycles. The maximum atomic E-state index is 8.95. The van der Waals surface area contributed by atoms with Crippen molar-refractivity contribution in [2.45, 2.75) is 60.0 Å². The molecule has 0 radical (unpaired) electrons. The third kappa shape index (κ3) is 7.31. The standard InChI is InChI=1S/C26H32N4.C2H4O2.C2H6/c1-5-6-7-21-15-23-25(22-13-8-18(2)14-24(22)28-26(23)27)30(21)17-20-11-9-19(10-12-20)16-29(3)4;1-4-2-3;1-2/h8-15H,5-7,16-17H2,1-4H3,(H2,27,28);2H,1H3;1-2H3. The van der Waals surface area contributed by atoms with E-state index < -0.39 is 0 Å². The number of carbonyl (C=O) groups excluding carboxylic acids is 1. The molecular weight excluding hydrogens is 448 g/mol. The molecule has 2 aromatic carbocycles. The molecule has 2 aromatic heterocycles. The number of hydrogen-bond acceptors (Lipinski definition) is 5. The van der Waals surface area contributed by atoms with E-state index in [-0.39, 0.29) is 0 Å². The van der Waals surface area contributed by atoms with Gasteiger partial charge in [-0.1, -0.05) is 63.6 Å². The summed E-state index contributed by atoms with van der Waals surface area (Å²) in [5, 5.41) is 2.25. The van der Waals surface area contributed by atoms with E-state index in [0.29, 0.717) is 12.3 Å². The van der Waals surface area contributed by atoms with Crippen LogP contribution in [-0.2, 0) is 29.0 Å². The van der Waals surface area contributed by atoms with Gasteiger partial charge < -0.3 is 19.9 Å². The van der Waals surface area contributed by atoms with Gasteiger partial charge in [0.1, 0.15) is 5.82 Å². The highest BCUT2D eigenvalue weighted by Crippen LogP contribution is 2.32. The Labute approximate surface area is 216 Å². The van der Waals surface area contributed by atoms with E-state index in [1.54, 1.807) is 0 Å². The normalized spacial score (nSPS) is 10.6. The van der Waals surface area contributed by atoms with Crippen LogP contribution in [0.2, 0.25) is 0 Å². The number of aryl methyl sites for hydroxylation is 2. The topological polar surface area (TPSA) is 73.4 Å². The van der Waals surface area contributed by atoms with Gasteiger partial charge in [-0.15, -0.1) is 0 Å². The largest absolute Gasteiger partial charge is 0.471 e. The van der Waals surface area contributed by atoms with Gasteiger partial charge in [0, 0.05) is 29.6 Å². The molecule has 0 saturated carbocycles. The van der Waals surface area contributed by atoms with Crippen LogP contribution in [0.3, 0.4) is 0 Å². The summed E-state index contributed by atoms with van der Waals surface area (Å²) in [5.41, 5.74) is 13.8. The molecule has 4 aromatic rings. The van der Waals surface area contributed by atoms with Crippen LogP contribution in [-0.4, -0.2) is 42.1 Å². The minimum absolute atomic E-state index is 0.375. The van der Waals surface area contributed by atoms with Gasteiger partial charge in [0.05, 0.1) is 18.1 Å². The van der Waals surface area contributed by atoms with Crippen LogP contribution in [0.25, 0.3) is 21.8 Å². The number of ether oxygens (including phenoxy) is 1. The van der Waals surface area contributed by atoms with Gasteiger partial charge in [-0.2, -0.15) is 0 Å². The summed E-state index contributed by atoms with van der Waals surface area (Å²) in [6.45, 7) is 10.5. The summed E-state index contributed by atoms with van der Waals surface area (Å²) in [4.78, 5) is 15.9. The maximum absolute atomic E-state index is 8.95. The number of anilines is 1. The van der Waals surface area contributed by atoms with E-state index in [1.165, 1.54) is 53.2 Å². The number of nitrogens with two attached hydrogens (primary N) is 1. The Hall–Kier alpha value is -3.38. The molecule has 2 heterocycles. The van der Waals surface area contributed by atoms with Crippen molar-refractivity contribution >= 4 is 34.1 Å². The highest BCUT2D eigenvalue weighted by Gasteiger charge is 2.16. The second-order valence-electron chi connectivity index (χ2n) is 8.99. The number of hydrogen-bond donors (Lipinski definition) is 1. The van der Waals surface area contributed by atoms with Gasteiger partial charge in [-0.05, 0) is 62.7 Å². The predicted octanol–water partition coefficient (Wildman–Crippen LogP) is 6.35. The van der Waals surface area contributed by atoms with Crippen LogP contribution in [0.15, 0.2) is 48.5 Å². The lowest BCUT2D eigenvalue weighted by molar-refractivity contribution is -0.126. The number of fused-ring (bicyclic) bond motifs is 3. The number of pyridine rings is 1. The van der Waals surface area contributed by atoms with Crippen molar-refractivity contribution in [2.24, 2.45) is 0 Å². The van der Waals surface area contributed by atoms with E-state index in [9.17, 15) is 0 Å². The number of unbranched alkanes of at least 4 members (excludes halogenated alkanes) is 1. The quantitative estimate of drug-likeness (QED) is 0.291. The first-order chi connectivity index (χ1) is 17.4. The molecule has 0 aliphatic heterocycles. The van der Waals surface area contributed by atoms with Gasteiger partial charge in [0.25, 0.3) is 6.47 Å². The highest BCUT2D eigenvalue weighted by molar-refractivity contribution is 6.08. The maximum Gasteiger partial charge on any atom is 0.292 e. The van der Waals surface area contributed by atoms with Crippen LogP contribution < -0.4 is 5.73 Å². The third-order valence-electron chi connectivity index (χ3n) is 5.85. The number of carbonyl (C=O) groups is 1. The van der Waals surface area contributed by atoms with Crippen molar-refractivity contribution in [3.05, 3.63) is 70.9 Å².